The number of methoxy groups -OCH3 is 1. The number of ether oxygens (including phenoxy) is 1. The average molecular weight is 381 g/mol. The van der Waals surface area contributed by atoms with Crippen LogP contribution in [-0.2, 0) is 20.9 Å². The van der Waals surface area contributed by atoms with E-state index >= 15 is 0 Å². The summed E-state index contributed by atoms with van der Waals surface area (Å²) in [6, 6.07) is 14.0. The maximum Gasteiger partial charge on any atom is 0.239 e. The van der Waals surface area contributed by atoms with Crippen molar-refractivity contribution in [2.75, 3.05) is 24.3 Å². The van der Waals surface area contributed by atoms with E-state index in [0.717, 1.165) is 16.2 Å². The van der Waals surface area contributed by atoms with Crippen LogP contribution in [0.5, 0.6) is 5.75 Å². The molecule has 1 saturated heterocycles. The van der Waals surface area contributed by atoms with E-state index in [2.05, 4.69) is 0 Å². The van der Waals surface area contributed by atoms with Crippen LogP contribution in [0.25, 0.3) is 0 Å². The first-order valence-electron chi connectivity index (χ1n) is 9.00. The number of likely N-dealkylation sites (tertiary alicyclic amines) is 1. The molecule has 146 valence electrons. The smallest absolute Gasteiger partial charge is 0.239 e. The number of carbonyl (C=O) groups excluding carboxylic acids is 3. The molecule has 7 nitrogen and oxygen atoms in total. The van der Waals surface area contributed by atoms with E-state index in [0.29, 0.717) is 17.9 Å². The number of hydrogen-bond acceptors (Lipinski definition) is 5. The van der Waals surface area contributed by atoms with Crippen molar-refractivity contribution in [3.8, 4) is 5.75 Å². The Balaban J connectivity index is 1.73. The monoisotopic (exact) mass is 381 g/mol. The van der Waals surface area contributed by atoms with Gasteiger partial charge in [0.2, 0.25) is 17.7 Å². The van der Waals surface area contributed by atoms with E-state index in [-0.39, 0.29) is 24.8 Å². The van der Waals surface area contributed by atoms with Crippen molar-refractivity contribution < 1.29 is 19.1 Å². The van der Waals surface area contributed by atoms with Gasteiger partial charge >= 0.3 is 0 Å². The maximum atomic E-state index is 13.0. The summed E-state index contributed by atoms with van der Waals surface area (Å²) in [5.41, 5.74) is 7.60. The number of amides is 3. The van der Waals surface area contributed by atoms with E-state index < -0.39 is 11.8 Å². The van der Waals surface area contributed by atoms with E-state index in [9.17, 15) is 14.4 Å². The van der Waals surface area contributed by atoms with Gasteiger partial charge in [-0.3, -0.25) is 19.3 Å². The molecule has 3 amide bonds. The van der Waals surface area contributed by atoms with Crippen LogP contribution in [0.4, 0.5) is 11.4 Å². The first-order chi connectivity index (χ1) is 13.4. The van der Waals surface area contributed by atoms with Crippen molar-refractivity contribution in [1.82, 2.24) is 4.90 Å². The normalized spacial score (nSPS) is 16.1. The summed E-state index contributed by atoms with van der Waals surface area (Å²) >= 11 is 0. The molecule has 0 saturated carbocycles. The highest BCUT2D eigenvalue weighted by Crippen LogP contribution is 2.26. The molecule has 0 aromatic heterocycles. The molecule has 0 radical (unpaired) electrons. The Hall–Kier alpha value is -3.35. The van der Waals surface area contributed by atoms with Gasteiger partial charge in [0.05, 0.1) is 18.7 Å². The summed E-state index contributed by atoms with van der Waals surface area (Å²) in [4.78, 5) is 40.3. The van der Waals surface area contributed by atoms with Crippen molar-refractivity contribution in [2.45, 2.75) is 19.9 Å². The minimum Gasteiger partial charge on any atom is -0.497 e. The van der Waals surface area contributed by atoms with Crippen molar-refractivity contribution in [1.29, 1.82) is 0 Å². The fourth-order valence-corrected chi connectivity index (χ4v) is 3.35. The molecule has 2 aromatic rings. The van der Waals surface area contributed by atoms with Crippen LogP contribution in [-0.4, -0.2) is 36.3 Å². The fraction of sp³-hybridized carbons (Fsp3) is 0.286. The minimum atomic E-state index is -0.573. The molecule has 2 N–H and O–H groups in total. The molecule has 0 aliphatic carbocycles. The Morgan fingerprint density at radius 2 is 1.93 bits per heavy atom. The third-order valence-electron chi connectivity index (χ3n) is 4.76. The predicted octanol–water partition coefficient (Wildman–Crippen LogP) is 2.21. The van der Waals surface area contributed by atoms with Crippen LogP contribution in [0.1, 0.15) is 18.9 Å². The molecule has 28 heavy (non-hydrogen) atoms. The number of nitrogens with zero attached hydrogens (tertiary/aromatic N) is 2. The lowest BCUT2D eigenvalue weighted by atomic mass is 10.1. The molecule has 0 bridgehead atoms. The number of imide groups is 1. The number of benzene rings is 2. The zero-order chi connectivity index (χ0) is 20.3. The first kappa shape index (κ1) is 19.4. The summed E-state index contributed by atoms with van der Waals surface area (Å²) in [5.74, 6) is -0.731. The lowest BCUT2D eigenvalue weighted by Gasteiger charge is -2.23. The first-order valence-corrected chi connectivity index (χ1v) is 9.00. The van der Waals surface area contributed by atoms with Crippen LogP contribution in [0, 0.1) is 5.92 Å². The second-order valence-electron chi connectivity index (χ2n) is 6.81. The summed E-state index contributed by atoms with van der Waals surface area (Å²) in [5, 5.41) is 0. The molecule has 2 aromatic carbocycles. The topological polar surface area (TPSA) is 92.9 Å². The van der Waals surface area contributed by atoms with Gasteiger partial charge in [-0.25, -0.2) is 0 Å². The summed E-state index contributed by atoms with van der Waals surface area (Å²) in [7, 11) is 1.59. The quantitative estimate of drug-likeness (QED) is 0.802. The van der Waals surface area contributed by atoms with Gasteiger partial charge in [0.1, 0.15) is 5.75 Å². The number of hydrogen-bond donors (Lipinski definition) is 1. The maximum absolute atomic E-state index is 13.0. The number of anilines is 2. The van der Waals surface area contributed by atoms with Crippen molar-refractivity contribution in [2.24, 2.45) is 5.92 Å². The van der Waals surface area contributed by atoms with Crippen LogP contribution in [0.3, 0.4) is 0 Å². The lowest BCUT2D eigenvalue weighted by Crippen LogP contribution is -2.40. The number of nitrogen functional groups attached to an aromatic ring is 1. The van der Waals surface area contributed by atoms with Crippen molar-refractivity contribution in [3.63, 3.8) is 0 Å². The van der Waals surface area contributed by atoms with Crippen LogP contribution in [0.2, 0.25) is 0 Å². The van der Waals surface area contributed by atoms with Crippen LogP contribution < -0.4 is 15.4 Å². The van der Waals surface area contributed by atoms with Crippen molar-refractivity contribution in [3.05, 3.63) is 54.1 Å². The number of carbonyl (C=O) groups is 3. The zero-order valence-corrected chi connectivity index (χ0v) is 15.9. The van der Waals surface area contributed by atoms with Gasteiger partial charge in [0.25, 0.3) is 0 Å². The van der Waals surface area contributed by atoms with Crippen LogP contribution in [0.15, 0.2) is 48.5 Å². The average Bonchev–Trinajstić information content (AvgIpc) is 3.03. The number of rotatable bonds is 5. The molecule has 7 heteroatoms. The molecule has 1 fully saturated rings. The molecule has 1 aliphatic heterocycles. The van der Waals surface area contributed by atoms with E-state index in [1.54, 1.807) is 36.3 Å². The molecule has 0 spiro atoms. The van der Waals surface area contributed by atoms with Gasteiger partial charge in [-0.2, -0.15) is 0 Å². The van der Waals surface area contributed by atoms with Gasteiger partial charge in [-0.15, -0.1) is 0 Å². The second kappa shape index (κ2) is 8.12. The standard InChI is InChI=1S/C21H23N3O4/c1-14(25)24(18-5-3-4-17(22)11-18)21(27)16-10-20(26)23(13-16)12-15-6-8-19(28-2)9-7-15/h3-9,11,16H,10,12-13,22H2,1-2H3. The predicted molar refractivity (Wildman–Crippen MR) is 106 cm³/mol. The summed E-state index contributed by atoms with van der Waals surface area (Å²) in [6.45, 7) is 2.01. The second-order valence-corrected chi connectivity index (χ2v) is 6.81. The fourth-order valence-electron chi connectivity index (χ4n) is 3.35. The molecule has 1 unspecified atom stereocenters. The Kier molecular flexibility index (Phi) is 5.63. The highest BCUT2D eigenvalue weighted by Gasteiger charge is 2.38. The lowest BCUT2D eigenvalue weighted by molar-refractivity contribution is -0.130. The van der Waals surface area contributed by atoms with Gasteiger partial charge in [-0.1, -0.05) is 18.2 Å². The molecular formula is C21H23N3O4. The molecule has 1 aliphatic rings. The van der Waals surface area contributed by atoms with E-state index in [4.69, 9.17) is 10.5 Å². The third-order valence-corrected chi connectivity index (χ3v) is 4.76. The summed E-state index contributed by atoms with van der Waals surface area (Å²) in [6.07, 6.45) is 0.0844. The molecule has 3 rings (SSSR count). The largest absolute Gasteiger partial charge is 0.497 e. The molecule has 1 heterocycles. The zero-order valence-electron chi connectivity index (χ0n) is 15.9. The van der Waals surface area contributed by atoms with Crippen molar-refractivity contribution >= 4 is 29.1 Å². The Bertz CT molecular complexity index is 895. The van der Waals surface area contributed by atoms with E-state index in [1.165, 1.54) is 6.92 Å². The SMILES string of the molecule is COc1ccc(CN2CC(C(=O)N(C(C)=O)c3cccc(N)c3)CC2=O)cc1. The van der Waals surface area contributed by atoms with Gasteiger partial charge in [0.15, 0.2) is 0 Å². The van der Waals surface area contributed by atoms with Gasteiger partial charge in [0, 0.05) is 32.1 Å². The third kappa shape index (κ3) is 4.14. The van der Waals surface area contributed by atoms with Gasteiger partial charge in [-0.05, 0) is 35.9 Å². The molecular weight excluding hydrogens is 358 g/mol. The highest BCUT2D eigenvalue weighted by atomic mass is 16.5. The Labute approximate surface area is 163 Å². The summed E-state index contributed by atoms with van der Waals surface area (Å²) < 4.78 is 5.14. The minimum absolute atomic E-state index is 0.0844. The Morgan fingerprint density at radius 1 is 1.21 bits per heavy atom. The van der Waals surface area contributed by atoms with Crippen LogP contribution >= 0.6 is 0 Å². The molecule has 1 atom stereocenters. The van der Waals surface area contributed by atoms with Gasteiger partial charge < -0.3 is 15.4 Å². The van der Waals surface area contributed by atoms with E-state index in [1.807, 2.05) is 24.3 Å². The number of nitrogens with two attached hydrogens (primary N) is 1. The Morgan fingerprint density at radius 3 is 2.54 bits per heavy atom. The highest BCUT2D eigenvalue weighted by molar-refractivity contribution is 6.15.